The van der Waals surface area contributed by atoms with E-state index >= 15 is 0 Å². The number of fused-ring (bicyclic) bond motifs is 2. The summed E-state index contributed by atoms with van der Waals surface area (Å²) >= 11 is 0.770. The Morgan fingerprint density at radius 2 is 1.89 bits per heavy atom. The molecule has 47 heavy (non-hydrogen) atoms. The van der Waals surface area contributed by atoms with Crippen molar-refractivity contribution in [3.63, 3.8) is 0 Å². The molecule has 2 aromatic rings. The Morgan fingerprint density at radius 1 is 1.17 bits per heavy atom. The topological polar surface area (TPSA) is 169 Å². The average Bonchev–Trinajstić information content (AvgIpc) is 3.48. The Hall–Kier alpha value is -2.76. The molecule has 0 atom stereocenters. The van der Waals surface area contributed by atoms with Crippen LogP contribution in [0.15, 0.2) is 64.4 Å². The second kappa shape index (κ2) is 16.1. The summed E-state index contributed by atoms with van der Waals surface area (Å²) < 4.78 is 40.2. The summed E-state index contributed by atoms with van der Waals surface area (Å²) in [7, 11) is -4.60. The van der Waals surface area contributed by atoms with Crippen molar-refractivity contribution in [3.8, 4) is 0 Å². The van der Waals surface area contributed by atoms with Gasteiger partial charge in [-0.1, -0.05) is 24.2 Å². The fourth-order valence-corrected chi connectivity index (χ4v) is 6.95. The molecule has 0 N–H and O–H groups in total. The first-order valence-electron chi connectivity index (χ1n) is 14.6. The molecule has 2 aliphatic heterocycles. The third kappa shape index (κ3) is 8.28. The van der Waals surface area contributed by atoms with Gasteiger partial charge in [-0.25, -0.2) is 16.9 Å². The second-order valence-corrected chi connectivity index (χ2v) is 13.0. The summed E-state index contributed by atoms with van der Waals surface area (Å²) in [5.41, 5.74) is 2.48. The predicted octanol–water partition coefficient (Wildman–Crippen LogP) is 2.93. The van der Waals surface area contributed by atoms with Crippen LogP contribution in [0.2, 0.25) is 0 Å². The zero-order valence-electron chi connectivity index (χ0n) is 25.4. The number of imide groups is 1. The van der Waals surface area contributed by atoms with Crippen LogP contribution in [0, 0.1) is 12.3 Å². The van der Waals surface area contributed by atoms with Gasteiger partial charge in [0.05, 0.1) is 27.6 Å². The van der Waals surface area contributed by atoms with Gasteiger partial charge in [-0.05, 0) is 44.5 Å². The van der Waals surface area contributed by atoms with Gasteiger partial charge in [0.1, 0.15) is 0 Å². The molecule has 1 spiro atoms. The Labute approximate surface area is 301 Å². The van der Waals surface area contributed by atoms with Crippen LogP contribution >= 0.6 is 12.0 Å². The molecule has 0 unspecified atom stereocenters. The Bertz CT molecular complexity index is 1690. The van der Waals surface area contributed by atoms with Gasteiger partial charge in [0, 0.05) is 62.1 Å². The fraction of sp³-hybridized carbons (Fsp3) is 0.355. The monoisotopic (exact) mass is 757 g/mol. The van der Waals surface area contributed by atoms with Gasteiger partial charge in [-0.2, -0.15) is 38.9 Å². The van der Waals surface area contributed by atoms with Crippen LogP contribution < -0.4 is 10.2 Å². The van der Waals surface area contributed by atoms with Crippen LogP contribution in [-0.4, -0.2) is 59.2 Å². The van der Waals surface area contributed by atoms with Gasteiger partial charge >= 0.3 is 5.97 Å². The molecule has 2 amide bonds. The van der Waals surface area contributed by atoms with E-state index < -0.39 is 33.3 Å². The van der Waals surface area contributed by atoms with Gasteiger partial charge in [-0.3, -0.25) is 23.0 Å². The molecule has 2 fully saturated rings. The Kier molecular flexibility index (Phi) is 12.7. The molecule has 1 saturated heterocycles. The molecule has 16 heteroatoms. The molecule has 1 radical (unpaired) electrons. The summed E-state index contributed by atoms with van der Waals surface area (Å²) in [6.07, 6.45) is 12.9. The normalized spacial score (nSPS) is 17.6. The van der Waals surface area contributed by atoms with E-state index in [-0.39, 0.29) is 57.0 Å². The zero-order chi connectivity index (χ0) is 32.9. The molecule has 0 aromatic heterocycles. The number of hydrogen-bond donors (Lipinski definition) is 0. The van der Waals surface area contributed by atoms with E-state index in [9.17, 15) is 32.6 Å². The number of rotatable bonds is 12. The van der Waals surface area contributed by atoms with E-state index in [1.807, 2.05) is 29.7 Å². The number of hydrogen-bond acceptors (Lipinski definition) is 12. The number of amides is 2. The number of nitrogens with zero attached hydrogens (tertiary/aromatic N) is 3. The van der Waals surface area contributed by atoms with Gasteiger partial charge in [0.25, 0.3) is 11.8 Å². The SMILES string of the molecule is CCN([C-]=CC=CC1=[N+](CC(=O)ON2C(=O)CCC2=O)c2ccc(SOO[O-])cc2C12CCCCC2)c1[c-]cc(S(=O)(=O)[O-])cc1.[Y]. The number of carbonyl (C=O) groups excluding carboxylic acids is 3. The number of hydroxylamine groups is 2. The minimum atomic E-state index is -4.60. The summed E-state index contributed by atoms with van der Waals surface area (Å²) in [5, 5.41) is 14.5. The van der Waals surface area contributed by atoms with Crippen molar-refractivity contribution in [1.82, 2.24) is 5.06 Å². The van der Waals surface area contributed by atoms with E-state index in [1.54, 1.807) is 23.1 Å². The van der Waals surface area contributed by atoms with Crippen LogP contribution in [0.4, 0.5) is 11.4 Å². The molecule has 5 rings (SSSR count). The van der Waals surface area contributed by atoms with Crippen LogP contribution in [0.5, 0.6) is 0 Å². The third-order valence-electron chi connectivity index (χ3n) is 8.15. The quantitative estimate of drug-likeness (QED) is 0.0358. The first kappa shape index (κ1) is 37.1. The first-order valence-corrected chi connectivity index (χ1v) is 16.7. The molecule has 2 heterocycles. The van der Waals surface area contributed by atoms with E-state index in [0.29, 0.717) is 22.2 Å². The second-order valence-electron chi connectivity index (χ2n) is 10.8. The van der Waals surface area contributed by atoms with Gasteiger partial charge in [0.2, 0.25) is 12.2 Å². The summed E-state index contributed by atoms with van der Waals surface area (Å²) in [6.45, 7) is 2.06. The first-order chi connectivity index (χ1) is 22.1. The van der Waals surface area contributed by atoms with Crippen molar-refractivity contribution in [3.05, 3.63) is 72.5 Å². The molecular weight excluding hydrogens is 727 g/mol. The van der Waals surface area contributed by atoms with Crippen LogP contribution in [-0.2, 0) is 76.8 Å². The zero-order valence-corrected chi connectivity index (χ0v) is 29.8. The maximum Gasteiger partial charge on any atom is 0.398 e. The minimum Gasteiger partial charge on any atom is -0.754 e. The van der Waals surface area contributed by atoms with Gasteiger partial charge in [-0.15, -0.1) is 11.3 Å². The molecule has 2 aromatic carbocycles. The summed E-state index contributed by atoms with van der Waals surface area (Å²) in [6, 6.07) is 12.1. The number of anilines is 1. The number of benzene rings is 2. The van der Waals surface area contributed by atoms with Crippen LogP contribution in [0.25, 0.3) is 0 Å². The summed E-state index contributed by atoms with van der Waals surface area (Å²) in [4.78, 5) is 44.5. The van der Waals surface area contributed by atoms with Gasteiger partial charge in [0.15, 0.2) is 5.71 Å². The van der Waals surface area contributed by atoms with E-state index in [1.165, 1.54) is 12.1 Å². The number of carbonyl (C=O) groups is 3. The predicted molar refractivity (Wildman–Crippen MR) is 159 cm³/mol. The average molecular weight is 758 g/mol. The fourth-order valence-electron chi connectivity index (χ4n) is 6.11. The minimum absolute atomic E-state index is 0. The van der Waals surface area contributed by atoms with Gasteiger partial charge < -0.3 is 19.5 Å². The molecule has 0 bridgehead atoms. The number of allylic oxidation sites excluding steroid dienone is 3. The smallest absolute Gasteiger partial charge is 0.398 e. The molecular formula is C31H30N3O10S2Y-3. The van der Waals surface area contributed by atoms with Crippen molar-refractivity contribution < 1.29 is 84.1 Å². The molecule has 1 aliphatic carbocycles. The van der Waals surface area contributed by atoms with Crippen molar-refractivity contribution in [2.75, 3.05) is 18.0 Å². The molecule has 13 nitrogen and oxygen atoms in total. The molecule has 3 aliphatic rings. The van der Waals surface area contributed by atoms with Crippen LogP contribution in [0.1, 0.15) is 57.4 Å². The maximum atomic E-state index is 13.2. The molecule has 1 saturated carbocycles. The molecule has 247 valence electrons. The van der Waals surface area contributed by atoms with Crippen molar-refractivity contribution >= 4 is 57.0 Å². The van der Waals surface area contributed by atoms with Crippen molar-refractivity contribution in [2.45, 2.75) is 67.1 Å². The standard InChI is InChI=1S/C31H32N3O10S2.Y/c1-2-32(22-9-12-24(13-10-22)46(39,40)41)19-7-4-8-27-31(17-5-3-6-18-31)25-20-23(45-44-43-38)11-14-26(25)33(27)21-30(37)42-34-28(35)15-16-29(34)36;/h4,7-9,11-14,20,38H,2-3,5-6,15-18,21H2,1H3,(H,39,40,41);/q-1;/p-2. The van der Waals surface area contributed by atoms with Crippen molar-refractivity contribution in [1.29, 1.82) is 0 Å². The van der Waals surface area contributed by atoms with E-state index in [4.69, 9.17) is 4.84 Å². The van der Waals surface area contributed by atoms with Crippen LogP contribution in [0.3, 0.4) is 0 Å². The van der Waals surface area contributed by atoms with Crippen molar-refractivity contribution in [2.24, 2.45) is 0 Å². The largest absolute Gasteiger partial charge is 0.754 e. The maximum absolute atomic E-state index is 13.2. The Morgan fingerprint density at radius 3 is 2.51 bits per heavy atom. The summed E-state index contributed by atoms with van der Waals surface area (Å²) in [5.74, 6) is -1.93. The third-order valence-corrected chi connectivity index (χ3v) is 9.55. The van der Waals surface area contributed by atoms with E-state index in [0.717, 1.165) is 67.2 Å². The Balaban J connectivity index is 0.00000500. The van der Waals surface area contributed by atoms with E-state index in [2.05, 4.69) is 21.6 Å².